The molecule has 0 bridgehead atoms. The molecule has 1 saturated heterocycles. The Labute approximate surface area is 187 Å². The van der Waals surface area contributed by atoms with Crippen LogP contribution in [0.4, 0.5) is 0 Å². The quantitative estimate of drug-likeness (QED) is 0.676. The van der Waals surface area contributed by atoms with Crippen LogP contribution in [0.1, 0.15) is 43.0 Å². The number of aromatic nitrogens is 1. The van der Waals surface area contributed by atoms with Gasteiger partial charge in [-0.15, -0.1) is 24.8 Å². The second-order valence-electron chi connectivity index (χ2n) is 7.83. The van der Waals surface area contributed by atoms with Gasteiger partial charge in [0, 0.05) is 19.2 Å². The number of nitrogens with one attached hydrogen (secondary N) is 1. The molecule has 160 valence electrons. The van der Waals surface area contributed by atoms with E-state index in [2.05, 4.69) is 48.4 Å². The van der Waals surface area contributed by atoms with Gasteiger partial charge in [-0.1, -0.05) is 42.8 Å². The number of halogens is 2. The lowest BCUT2D eigenvalue weighted by Crippen LogP contribution is -2.35. The molecule has 0 aliphatic carbocycles. The number of hydrogen-bond donors (Lipinski definition) is 1. The van der Waals surface area contributed by atoms with Crippen LogP contribution in [-0.4, -0.2) is 28.9 Å². The lowest BCUT2D eigenvalue weighted by molar-refractivity contribution is -0.133. The van der Waals surface area contributed by atoms with Crippen molar-refractivity contribution < 1.29 is 4.79 Å². The molecule has 1 aliphatic rings. The van der Waals surface area contributed by atoms with Crippen molar-refractivity contribution in [3.8, 4) is 0 Å². The van der Waals surface area contributed by atoms with E-state index in [0.717, 1.165) is 18.8 Å². The Morgan fingerprint density at radius 1 is 1.14 bits per heavy atom. The first kappa shape index (κ1) is 25.4. The highest BCUT2D eigenvalue weighted by Crippen LogP contribution is 2.25. The number of nitrogens with zero attached hydrogens (tertiary/aromatic N) is 2. The van der Waals surface area contributed by atoms with E-state index in [1.54, 1.807) is 6.20 Å². The summed E-state index contributed by atoms with van der Waals surface area (Å²) in [7, 11) is 0. The normalized spacial score (nSPS) is 15.0. The Balaban J connectivity index is 0.00000210. The van der Waals surface area contributed by atoms with Crippen molar-refractivity contribution in [2.24, 2.45) is 11.8 Å². The smallest absolute Gasteiger partial charge is 0.223 e. The van der Waals surface area contributed by atoms with E-state index in [9.17, 15) is 4.79 Å². The van der Waals surface area contributed by atoms with E-state index >= 15 is 0 Å². The van der Waals surface area contributed by atoms with Gasteiger partial charge in [0.15, 0.2) is 0 Å². The third-order valence-electron chi connectivity index (χ3n) is 5.57. The van der Waals surface area contributed by atoms with E-state index in [1.807, 2.05) is 23.1 Å². The van der Waals surface area contributed by atoms with E-state index in [4.69, 9.17) is 0 Å². The first-order chi connectivity index (χ1) is 13.1. The van der Waals surface area contributed by atoms with Crippen molar-refractivity contribution in [3.05, 3.63) is 65.5 Å². The minimum Gasteiger partial charge on any atom is -0.332 e. The van der Waals surface area contributed by atoms with Crippen LogP contribution in [0.2, 0.25) is 0 Å². The van der Waals surface area contributed by atoms with Crippen LogP contribution in [0.5, 0.6) is 0 Å². The van der Waals surface area contributed by atoms with E-state index in [1.165, 1.54) is 24.0 Å². The zero-order valence-corrected chi connectivity index (χ0v) is 19.0. The van der Waals surface area contributed by atoms with Gasteiger partial charge in [0.05, 0.1) is 12.2 Å². The average Bonchev–Trinajstić information content (AvgIpc) is 2.69. The molecular formula is C23H33Cl2N3O. The van der Waals surface area contributed by atoms with Crippen LogP contribution in [0.15, 0.2) is 48.7 Å². The number of aryl methyl sites for hydroxylation is 1. The summed E-state index contributed by atoms with van der Waals surface area (Å²) >= 11 is 0. The van der Waals surface area contributed by atoms with Crippen LogP contribution >= 0.6 is 24.8 Å². The maximum Gasteiger partial charge on any atom is 0.223 e. The number of benzene rings is 1. The molecule has 1 aromatic heterocycles. The minimum absolute atomic E-state index is 0. The second kappa shape index (κ2) is 12.8. The van der Waals surface area contributed by atoms with Gasteiger partial charge in [0.2, 0.25) is 5.91 Å². The largest absolute Gasteiger partial charge is 0.332 e. The zero-order chi connectivity index (χ0) is 19.1. The Hall–Kier alpha value is -1.62. The Bertz CT molecular complexity index is 736. The van der Waals surface area contributed by atoms with Gasteiger partial charge in [-0.2, -0.15) is 0 Å². The summed E-state index contributed by atoms with van der Waals surface area (Å²) in [6, 6.07) is 14.3. The molecule has 1 aromatic carbocycles. The van der Waals surface area contributed by atoms with E-state index in [-0.39, 0.29) is 30.7 Å². The van der Waals surface area contributed by atoms with Crippen molar-refractivity contribution in [3.63, 3.8) is 0 Å². The topological polar surface area (TPSA) is 45.2 Å². The number of rotatable bonds is 7. The minimum atomic E-state index is 0. The van der Waals surface area contributed by atoms with Crippen molar-refractivity contribution in [2.75, 3.05) is 13.1 Å². The fraction of sp³-hybridized carbons (Fsp3) is 0.478. The monoisotopic (exact) mass is 437 g/mol. The fourth-order valence-corrected chi connectivity index (χ4v) is 3.93. The molecule has 4 nitrogen and oxygen atoms in total. The van der Waals surface area contributed by atoms with Gasteiger partial charge in [0.1, 0.15) is 0 Å². The maximum absolute atomic E-state index is 13.2. The van der Waals surface area contributed by atoms with Crippen LogP contribution in [0.25, 0.3) is 0 Å². The molecule has 1 fully saturated rings. The molecule has 0 radical (unpaired) electrons. The number of carbonyl (C=O) groups is 1. The summed E-state index contributed by atoms with van der Waals surface area (Å²) in [5, 5.41) is 3.41. The van der Waals surface area contributed by atoms with Crippen molar-refractivity contribution in [1.82, 2.24) is 15.2 Å². The third kappa shape index (κ3) is 7.96. The zero-order valence-electron chi connectivity index (χ0n) is 17.3. The molecule has 3 rings (SSSR count). The van der Waals surface area contributed by atoms with Crippen molar-refractivity contribution >= 4 is 30.7 Å². The number of piperidine rings is 1. The summed E-state index contributed by atoms with van der Waals surface area (Å²) in [6.07, 6.45) is 4.75. The van der Waals surface area contributed by atoms with E-state index < -0.39 is 0 Å². The Kier molecular flexibility index (Phi) is 11.3. The highest BCUT2D eigenvalue weighted by molar-refractivity contribution is 5.85. The predicted octanol–water partition coefficient (Wildman–Crippen LogP) is 4.79. The molecule has 1 N–H and O–H groups in total. The van der Waals surface area contributed by atoms with Gasteiger partial charge in [0.25, 0.3) is 0 Å². The SMILES string of the molecule is Cc1cccc(CN(Cc2ccccn2)C(=O)CC(C)C2CCNCC2)c1.Cl.Cl. The number of carbonyl (C=O) groups excluding carboxylic acids is 1. The molecule has 29 heavy (non-hydrogen) atoms. The first-order valence-electron chi connectivity index (χ1n) is 10.1. The van der Waals surface area contributed by atoms with E-state index in [0.29, 0.717) is 31.3 Å². The van der Waals surface area contributed by atoms with Gasteiger partial charge in [-0.3, -0.25) is 9.78 Å². The lowest BCUT2D eigenvalue weighted by Gasteiger charge is -2.30. The van der Waals surface area contributed by atoms with Gasteiger partial charge in [-0.05, 0) is 62.4 Å². The Morgan fingerprint density at radius 3 is 2.55 bits per heavy atom. The van der Waals surface area contributed by atoms with Crippen LogP contribution < -0.4 is 5.32 Å². The summed E-state index contributed by atoms with van der Waals surface area (Å²) in [4.78, 5) is 19.6. The number of amides is 1. The number of pyridine rings is 1. The molecule has 2 heterocycles. The molecule has 1 amide bonds. The highest BCUT2D eigenvalue weighted by Gasteiger charge is 2.24. The standard InChI is InChI=1S/C23H31N3O.2ClH/c1-18-6-5-7-20(14-18)16-26(17-22-8-3-4-11-25-22)23(27)15-19(2)21-9-12-24-13-10-21;;/h3-8,11,14,19,21,24H,9-10,12-13,15-17H2,1-2H3;2*1H. The summed E-state index contributed by atoms with van der Waals surface area (Å²) in [5.41, 5.74) is 3.34. The number of hydrogen-bond acceptors (Lipinski definition) is 3. The molecule has 2 aromatic rings. The van der Waals surface area contributed by atoms with Crippen molar-refractivity contribution in [2.45, 2.75) is 46.2 Å². The van der Waals surface area contributed by atoms with Gasteiger partial charge in [-0.25, -0.2) is 0 Å². The first-order valence-corrected chi connectivity index (χ1v) is 10.1. The predicted molar refractivity (Wildman–Crippen MR) is 124 cm³/mol. The molecule has 0 spiro atoms. The molecule has 1 atom stereocenters. The van der Waals surface area contributed by atoms with Crippen molar-refractivity contribution in [1.29, 1.82) is 0 Å². The molecule has 6 heteroatoms. The van der Waals surface area contributed by atoms with Gasteiger partial charge >= 0.3 is 0 Å². The lowest BCUT2D eigenvalue weighted by atomic mass is 9.84. The summed E-state index contributed by atoms with van der Waals surface area (Å²) in [6.45, 7) is 7.67. The maximum atomic E-state index is 13.2. The van der Waals surface area contributed by atoms with Gasteiger partial charge < -0.3 is 10.2 Å². The molecule has 0 saturated carbocycles. The molecule has 1 unspecified atom stereocenters. The highest BCUT2D eigenvalue weighted by atomic mass is 35.5. The summed E-state index contributed by atoms with van der Waals surface area (Å²) in [5.74, 6) is 1.29. The molecule has 1 aliphatic heterocycles. The average molecular weight is 438 g/mol. The fourth-order valence-electron chi connectivity index (χ4n) is 3.93. The van der Waals surface area contributed by atoms with Crippen LogP contribution in [-0.2, 0) is 17.9 Å². The van der Waals surface area contributed by atoms with Crippen LogP contribution in [0.3, 0.4) is 0 Å². The molecular weight excluding hydrogens is 405 g/mol. The second-order valence-corrected chi connectivity index (χ2v) is 7.83. The third-order valence-corrected chi connectivity index (χ3v) is 5.57. The van der Waals surface area contributed by atoms with Crippen LogP contribution in [0, 0.1) is 18.8 Å². The summed E-state index contributed by atoms with van der Waals surface area (Å²) < 4.78 is 0. The Morgan fingerprint density at radius 2 is 1.90 bits per heavy atom.